The van der Waals surface area contributed by atoms with Gasteiger partial charge in [0, 0.05) is 23.1 Å². The first-order valence-electron chi connectivity index (χ1n) is 8.61. The van der Waals surface area contributed by atoms with Gasteiger partial charge in [-0.2, -0.15) is 0 Å². The van der Waals surface area contributed by atoms with Gasteiger partial charge in [-0.25, -0.2) is 0 Å². The lowest BCUT2D eigenvalue weighted by molar-refractivity contribution is -0.113. The van der Waals surface area contributed by atoms with Gasteiger partial charge in [-0.15, -0.1) is 0 Å². The molecule has 0 N–H and O–H groups in total. The number of fused-ring (bicyclic) bond motifs is 3. The van der Waals surface area contributed by atoms with Crippen molar-refractivity contribution in [2.45, 2.75) is 31.7 Å². The highest BCUT2D eigenvalue weighted by Gasteiger charge is 2.31. The predicted octanol–water partition coefficient (Wildman–Crippen LogP) is 4.88. The SMILES string of the molecule is COc1ccc2c(c1)c1c(n2Cc2ccccc2)CCCC1C(=O)Cl. The first-order chi connectivity index (χ1) is 12.2. The lowest BCUT2D eigenvalue weighted by Gasteiger charge is -2.22. The number of ether oxygens (including phenoxy) is 1. The number of aromatic nitrogens is 1. The molecule has 0 amide bonds. The molecular weight excluding hydrogens is 334 g/mol. The fourth-order valence-electron chi connectivity index (χ4n) is 3.99. The Morgan fingerprint density at radius 1 is 1.24 bits per heavy atom. The van der Waals surface area contributed by atoms with Gasteiger partial charge in [0.05, 0.1) is 13.0 Å². The Morgan fingerprint density at radius 3 is 2.76 bits per heavy atom. The van der Waals surface area contributed by atoms with Gasteiger partial charge in [-0.05, 0) is 60.2 Å². The Hall–Kier alpha value is -2.26. The molecule has 25 heavy (non-hydrogen) atoms. The van der Waals surface area contributed by atoms with E-state index in [-0.39, 0.29) is 11.2 Å². The van der Waals surface area contributed by atoms with Crippen LogP contribution >= 0.6 is 11.6 Å². The summed E-state index contributed by atoms with van der Waals surface area (Å²) in [5.41, 5.74) is 4.71. The van der Waals surface area contributed by atoms with Crippen LogP contribution in [0, 0.1) is 0 Å². The molecule has 1 heterocycles. The van der Waals surface area contributed by atoms with Crippen LogP contribution in [0.3, 0.4) is 0 Å². The van der Waals surface area contributed by atoms with E-state index in [0.29, 0.717) is 0 Å². The molecule has 0 aliphatic heterocycles. The minimum atomic E-state index is -0.262. The summed E-state index contributed by atoms with van der Waals surface area (Å²) in [6.45, 7) is 0.794. The van der Waals surface area contributed by atoms with Crippen LogP contribution in [0.2, 0.25) is 0 Å². The summed E-state index contributed by atoms with van der Waals surface area (Å²) in [6.07, 6.45) is 2.77. The second-order valence-electron chi connectivity index (χ2n) is 6.56. The van der Waals surface area contributed by atoms with Crippen molar-refractivity contribution in [1.82, 2.24) is 4.57 Å². The smallest absolute Gasteiger partial charge is 0.229 e. The second kappa shape index (κ2) is 6.57. The van der Waals surface area contributed by atoms with Crippen molar-refractivity contribution in [2.75, 3.05) is 7.11 Å². The van der Waals surface area contributed by atoms with Crippen LogP contribution in [-0.2, 0) is 17.8 Å². The van der Waals surface area contributed by atoms with Crippen LogP contribution in [0.1, 0.15) is 35.6 Å². The number of rotatable bonds is 4. The zero-order valence-corrected chi connectivity index (χ0v) is 14.9. The van der Waals surface area contributed by atoms with Gasteiger partial charge in [-0.3, -0.25) is 4.79 Å². The molecule has 128 valence electrons. The van der Waals surface area contributed by atoms with Gasteiger partial charge >= 0.3 is 0 Å². The highest BCUT2D eigenvalue weighted by molar-refractivity contribution is 6.64. The lowest BCUT2D eigenvalue weighted by atomic mass is 9.86. The van der Waals surface area contributed by atoms with Crippen LogP contribution in [0.25, 0.3) is 10.9 Å². The van der Waals surface area contributed by atoms with E-state index in [1.165, 1.54) is 11.3 Å². The molecule has 0 radical (unpaired) electrons. The highest BCUT2D eigenvalue weighted by Crippen LogP contribution is 2.41. The summed E-state index contributed by atoms with van der Waals surface area (Å²) in [7, 11) is 1.67. The van der Waals surface area contributed by atoms with E-state index in [1.807, 2.05) is 18.2 Å². The van der Waals surface area contributed by atoms with Gasteiger partial charge in [-0.1, -0.05) is 30.3 Å². The molecule has 1 aromatic heterocycles. The average Bonchev–Trinajstić information content (AvgIpc) is 2.95. The predicted molar refractivity (Wildman–Crippen MR) is 101 cm³/mol. The summed E-state index contributed by atoms with van der Waals surface area (Å²) in [4.78, 5) is 12.1. The van der Waals surface area contributed by atoms with E-state index >= 15 is 0 Å². The standard InChI is InChI=1S/C21H20ClNO2/c1-25-15-10-11-18-17(12-15)20-16(21(22)24)8-5-9-19(20)23(18)13-14-6-3-2-4-7-14/h2-4,6-7,10-12,16H,5,8-9,13H2,1H3. The number of carbonyl (C=O) groups excluding carboxylic acids is 1. The summed E-state index contributed by atoms with van der Waals surface area (Å²) in [5, 5.41) is 0.825. The number of hydrogen-bond acceptors (Lipinski definition) is 2. The summed E-state index contributed by atoms with van der Waals surface area (Å²) >= 11 is 5.95. The molecule has 1 atom stereocenters. The maximum atomic E-state index is 12.1. The molecule has 0 spiro atoms. The first kappa shape index (κ1) is 16.2. The number of halogens is 1. The lowest BCUT2D eigenvalue weighted by Crippen LogP contribution is -2.16. The first-order valence-corrected chi connectivity index (χ1v) is 8.99. The fraction of sp³-hybridized carbons (Fsp3) is 0.286. The number of nitrogens with zero attached hydrogens (tertiary/aromatic N) is 1. The van der Waals surface area contributed by atoms with E-state index < -0.39 is 0 Å². The van der Waals surface area contributed by atoms with E-state index in [1.54, 1.807) is 7.11 Å². The molecular formula is C21H20ClNO2. The van der Waals surface area contributed by atoms with E-state index in [9.17, 15) is 4.79 Å². The molecule has 0 saturated heterocycles. The van der Waals surface area contributed by atoms with Crippen molar-refractivity contribution >= 4 is 27.7 Å². The third-order valence-corrected chi connectivity index (χ3v) is 5.40. The second-order valence-corrected chi connectivity index (χ2v) is 6.94. The number of methoxy groups -OCH3 is 1. The monoisotopic (exact) mass is 353 g/mol. The van der Waals surface area contributed by atoms with Gasteiger partial charge in [0.15, 0.2) is 0 Å². The Morgan fingerprint density at radius 2 is 2.04 bits per heavy atom. The molecule has 1 aliphatic rings. The van der Waals surface area contributed by atoms with E-state index in [0.717, 1.165) is 48.0 Å². The van der Waals surface area contributed by atoms with Crippen molar-refractivity contribution in [1.29, 1.82) is 0 Å². The Kier molecular flexibility index (Phi) is 4.26. The van der Waals surface area contributed by atoms with Crippen LogP contribution in [-0.4, -0.2) is 16.9 Å². The molecule has 3 aromatic rings. The molecule has 4 rings (SSSR count). The van der Waals surface area contributed by atoms with E-state index in [2.05, 4.69) is 34.9 Å². The Bertz CT molecular complexity index is 930. The molecule has 0 bridgehead atoms. The van der Waals surface area contributed by atoms with Gasteiger partial charge < -0.3 is 9.30 Å². The normalized spacial score (nSPS) is 16.6. The topological polar surface area (TPSA) is 31.2 Å². The van der Waals surface area contributed by atoms with Crippen LogP contribution in [0.4, 0.5) is 0 Å². The number of carbonyl (C=O) groups is 1. The molecule has 1 aliphatic carbocycles. The quantitative estimate of drug-likeness (QED) is 0.626. The minimum absolute atomic E-state index is 0.225. The van der Waals surface area contributed by atoms with Gasteiger partial charge in [0.25, 0.3) is 0 Å². The molecule has 4 heteroatoms. The third-order valence-electron chi connectivity index (χ3n) is 5.13. The Labute approximate surface area is 152 Å². The van der Waals surface area contributed by atoms with Crippen LogP contribution in [0.5, 0.6) is 5.75 Å². The van der Waals surface area contributed by atoms with Crippen molar-refractivity contribution in [3.05, 3.63) is 65.4 Å². The molecule has 2 aromatic carbocycles. The van der Waals surface area contributed by atoms with Gasteiger partial charge in [0.1, 0.15) is 5.75 Å². The van der Waals surface area contributed by atoms with Crippen molar-refractivity contribution < 1.29 is 9.53 Å². The van der Waals surface area contributed by atoms with Crippen molar-refractivity contribution in [2.24, 2.45) is 0 Å². The van der Waals surface area contributed by atoms with Crippen molar-refractivity contribution in [3.63, 3.8) is 0 Å². The minimum Gasteiger partial charge on any atom is -0.497 e. The molecule has 0 fully saturated rings. The largest absolute Gasteiger partial charge is 0.497 e. The fourth-order valence-corrected chi connectivity index (χ4v) is 4.21. The molecule has 3 nitrogen and oxygen atoms in total. The third kappa shape index (κ3) is 2.83. The molecule has 1 unspecified atom stereocenters. The molecule has 0 saturated carbocycles. The van der Waals surface area contributed by atoms with E-state index in [4.69, 9.17) is 16.3 Å². The highest BCUT2D eigenvalue weighted by atomic mass is 35.5. The zero-order chi connectivity index (χ0) is 17.4. The average molecular weight is 354 g/mol. The van der Waals surface area contributed by atoms with Crippen LogP contribution < -0.4 is 4.74 Å². The maximum Gasteiger partial charge on any atom is 0.229 e. The maximum absolute atomic E-state index is 12.1. The summed E-state index contributed by atoms with van der Waals surface area (Å²) in [5.74, 6) is 0.579. The zero-order valence-electron chi connectivity index (χ0n) is 14.2. The van der Waals surface area contributed by atoms with Gasteiger partial charge in [0.2, 0.25) is 5.24 Å². The number of hydrogen-bond donors (Lipinski definition) is 0. The Balaban J connectivity index is 1.95. The number of benzene rings is 2. The van der Waals surface area contributed by atoms with Crippen LogP contribution in [0.15, 0.2) is 48.5 Å². The van der Waals surface area contributed by atoms with Crippen molar-refractivity contribution in [3.8, 4) is 5.75 Å². The summed E-state index contributed by atoms with van der Waals surface area (Å²) < 4.78 is 7.75. The summed E-state index contributed by atoms with van der Waals surface area (Å²) in [6, 6.07) is 16.5.